The van der Waals surface area contributed by atoms with Gasteiger partial charge in [-0.2, -0.15) is 0 Å². The van der Waals surface area contributed by atoms with Crippen LogP contribution in [-0.2, 0) is 0 Å². The van der Waals surface area contributed by atoms with E-state index in [1.165, 1.54) is 54.9 Å². The summed E-state index contributed by atoms with van der Waals surface area (Å²) in [6, 6.07) is 71.6. The second-order valence-electron chi connectivity index (χ2n) is 13.3. The molecule has 0 unspecified atom stereocenters. The molecule has 0 spiro atoms. The smallest absolute Gasteiger partial charge is 0.136 e. The monoisotopic (exact) mass is 663 g/mol. The molecule has 244 valence electrons. The number of hydrogen-bond donors (Lipinski definition) is 0. The van der Waals surface area contributed by atoms with E-state index in [2.05, 4.69) is 205 Å². The molecule has 0 fully saturated rings. The summed E-state index contributed by atoms with van der Waals surface area (Å²) in [6.07, 6.45) is 0. The number of furan rings is 1. The largest absolute Gasteiger partial charge is 0.456 e. The quantitative estimate of drug-likeness (QED) is 0.176. The van der Waals surface area contributed by atoms with Crippen molar-refractivity contribution in [2.75, 3.05) is 4.90 Å². The summed E-state index contributed by atoms with van der Waals surface area (Å²) in [5.74, 6) is 0. The summed E-state index contributed by atoms with van der Waals surface area (Å²) in [6.45, 7) is 0. The summed E-state index contributed by atoms with van der Waals surface area (Å²) < 4.78 is 6.65. The number of fused-ring (bicyclic) bond motifs is 6. The van der Waals surface area contributed by atoms with Gasteiger partial charge in [-0.1, -0.05) is 158 Å². The third-order valence-corrected chi connectivity index (χ3v) is 10.3. The van der Waals surface area contributed by atoms with Gasteiger partial charge in [0.2, 0.25) is 0 Å². The van der Waals surface area contributed by atoms with Crippen molar-refractivity contribution in [3.8, 4) is 33.4 Å². The molecule has 0 aliphatic rings. The lowest BCUT2D eigenvalue weighted by Crippen LogP contribution is -2.10. The molecule has 0 saturated heterocycles. The third kappa shape index (κ3) is 5.04. The van der Waals surface area contributed by atoms with Crippen molar-refractivity contribution in [3.05, 3.63) is 200 Å². The van der Waals surface area contributed by atoms with E-state index in [0.29, 0.717) is 0 Å². The van der Waals surface area contributed by atoms with Crippen molar-refractivity contribution >= 4 is 60.5 Å². The first kappa shape index (κ1) is 30.0. The molecule has 2 heteroatoms. The van der Waals surface area contributed by atoms with Crippen LogP contribution in [0.3, 0.4) is 0 Å². The van der Waals surface area contributed by atoms with E-state index in [0.717, 1.165) is 39.0 Å². The van der Waals surface area contributed by atoms with Gasteiger partial charge in [0.05, 0.1) is 5.69 Å². The van der Waals surface area contributed by atoms with Gasteiger partial charge in [-0.05, 0) is 92.0 Å². The standard InChI is InChI=1S/C50H33NO/c1-4-14-34(15-5-1)35-24-26-38(27-25-35)51(47-30-29-40(36-16-6-2-7-17-36)41-20-10-12-22-43(41)47)39-28-31-48-46(32-39)50-44-23-13-11-21-42(44)45(33-49(50)52-48)37-18-8-3-9-19-37/h1-33H. The van der Waals surface area contributed by atoms with E-state index in [1.807, 2.05) is 0 Å². The highest BCUT2D eigenvalue weighted by molar-refractivity contribution is 6.22. The normalized spacial score (nSPS) is 11.5. The van der Waals surface area contributed by atoms with Gasteiger partial charge in [-0.3, -0.25) is 0 Å². The lowest BCUT2D eigenvalue weighted by atomic mass is 9.94. The van der Waals surface area contributed by atoms with E-state index in [9.17, 15) is 0 Å². The summed E-state index contributed by atoms with van der Waals surface area (Å²) in [5, 5.41) is 7.03. The molecule has 10 aromatic rings. The number of rotatable bonds is 6. The maximum Gasteiger partial charge on any atom is 0.136 e. The Morgan fingerprint density at radius 3 is 1.50 bits per heavy atom. The van der Waals surface area contributed by atoms with Crippen molar-refractivity contribution in [2.24, 2.45) is 0 Å². The number of hydrogen-bond acceptors (Lipinski definition) is 2. The number of anilines is 3. The Hall–Kier alpha value is -6.90. The van der Waals surface area contributed by atoms with Gasteiger partial charge in [0, 0.05) is 27.5 Å². The first-order valence-corrected chi connectivity index (χ1v) is 17.8. The van der Waals surface area contributed by atoms with Gasteiger partial charge in [-0.25, -0.2) is 0 Å². The van der Waals surface area contributed by atoms with Crippen molar-refractivity contribution in [2.45, 2.75) is 0 Å². The topological polar surface area (TPSA) is 16.4 Å². The van der Waals surface area contributed by atoms with Crippen LogP contribution in [-0.4, -0.2) is 0 Å². The molecule has 1 heterocycles. The van der Waals surface area contributed by atoms with Crippen molar-refractivity contribution in [3.63, 3.8) is 0 Å². The zero-order valence-electron chi connectivity index (χ0n) is 28.4. The van der Waals surface area contributed by atoms with Crippen molar-refractivity contribution < 1.29 is 4.42 Å². The Morgan fingerprint density at radius 2 is 0.827 bits per heavy atom. The molecule has 52 heavy (non-hydrogen) atoms. The van der Waals surface area contributed by atoms with E-state index < -0.39 is 0 Å². The van der Waals surface area contributed by atoms with Crippen LogP contribution in [0.2, 0.25) is 0 Å². The molecule has 1 aromatic heterocycles. The first-order valence-electron chi connectivity index (χ1n) is 17.8. The van der Waals surface area contributed by atoms with Gasteiger partial charge in [-0.15, -0.1) is 0 Å². The zero-order valence-corrected chi connectivity index (χ0v) is 28.4. The lowest BCUT2D eigenvalue weighted by Gasteiger charge is -2.28. The predicted molar refractivity (Wildman–Crippen MR) is 220 cm³/mol. The molecule has 0 amide bonds. The maximum absolute atomic E-state index is 6.65. The van der Waals surface area contributed by atoms with Gasteiger partial charge in [0.15, 0.2) is 0 Å². The summed E-state index contributed by atoms with van der Waals surface area (Å²) >= 11 is 0. The van der Waals surface area contributed by atoms with E-state index in [4.69, 9.17) is 4.42 Å². The fourth-order valence-corrected chi connectivity index (χ4v) is 7.83. The van der Waals surface area contributed by atoms with Crippen LogP contribution >= 0.6 is 0 Å². The van der Waals surface area contributed by atoms with Gasteiger partial charge < -0.3 is 9.32 Å². The molecule has 2 nitrogen and oxygen atoms in total. The van der Waals surface area contributed by atoms with Gasteiger partial charge in [0.1, 0.15) is 11.2 Å². The fraction of sp³-hybridized carbons (Fsp3) is 0. The Bertz CT molecular complexity index is 2870. The lowest BCUT2D eigenvalue weighted by molar-refractivity contribution is 0.669. The predicted octanol–water partition coefficient (Wildman–Crippen LogP) is 14.4. The number of benzene rings is 9. The molecule has 0 radical (unpaired) electrons. The van der Waals surface area contributed by atoms with Crippen LogP contribution < -0.4 is 4.90 Å². The Kier molecular flexibility index (Phi) is 7.18. The molecule has 10 rings (SSSR count). The summed E-state index contributed by atoms with van der Waals surface area (Å²) in [7, 11) is 0. The van der Waals surface area contributed by atoms with E-state index in [-0.39, 0.29) is 0 Å². The molecule has 9 aromatic carbocycles. The van der Waals surface area contributed by atoms with Crippen LogP contribution in [0.15, 0.2) is 205 Å². The minimum atomic E-state index is 0.873. The van der Waals surface area contributed by atoms with Crippen LogP contribution in [0.5, 0.6) is 0 Å². The Balaban J connectivity index is 1.21. The summed E-state index contributed by atoms with van der Waals surface area (Å²) in [5.41, 5.74) is 12.2. The highest BCUT2D eigenvalue weighted by Crippen LogP contribution is 2.45. The van der Waals surface area contributed by atoms with E-state index in [1.54, 1.807) is 0 Å². The van der Waals surface area contributed by atoms with Gasteiger partial charge in [0.25, 0.3) is 0 Å². The van der Waals surface area contributed by atoms with E-state index >= 15 is 0 Å². The minimum Gasteiger partial charge on any atom is -0.456 e. The molecule has 0 atom stereocenters. The van der Waals surface area contributed by atoms with Crippen LogP contribution in [0, 0.1) is 0 Å². The van der Waals surface area contributed by atoms with Crippen molar-refractivity contribution in [1.82, 2.24) is 0 Å². The highest BCUT2D eigenvalue weighted by Gasteiger charge is 2.21. The first-order chi connectivity index (χ1) is 25.8. The van der Waals surface area contributed by atoms with Crippen LogP contribution in [0.25, 0.3) is 76.9 Å². The average Bonchev–Trinajstić information content (AvgIpc) is 3.60. The van der Waals surface area contributed by atoms with Gasteiger partial charge >= 0.3 is 0 Å². The fourth-order valence-electron chi connectivity index (χ4n) is 7.83. The second kappa shape index (κ2) is 12.5. The molecule has 0 N–H and O–H groups in total. The molecule has 0 saturated carbocycles. The maximum atomic E-state index is 6.65. The third-order valence-electron chi connectivity index (χ3n) is 10.3. The highest BCUT2D eigenvalue weighted by atomic mass is 16.3. The molecule has 0 bridgehead atoms. The van der Waals surface area contributed by atoms with Crippen LogP contribution in [0.4, 0.5) is 17.1 Å². The van der Waals surface area contributed by atoms with Crippen molar-refractivity contribution in [1.29, 1.82) is 0 Å². The molecular formula is C50H33NO. The molecule has 0 aliphatic heterocycles. The summed E-state index contributed by atoms with van der Waals surface area (Å²) in [4.78, 5) is 2.39. The SMILES string of the molecule is c1ccc(-c2ccc(N(c3ccc4oc5cc(-c6ccccc6)c6ccccc6c5c4c3)c3ccc(-c4ccccc4)c4ccccc34)cc2)cc1. The minimum absolute atomic E-state index is 0.873. The number of nitrogens with zero attached hydrogens (tertiary/aromatic N) is 1. The Morgan fingerprint density at radius 1 is 0.308 bits per heavy atom. The second-order valence-corrected chi connectivity index (χ2v) is 13.3. The zero-order chi connectivity index (χ0) is 34.4. The van der Waals surface area contributed by atoms with Crippen LogP contribution in [0.1, 0.15) is 0 Å². The molecule has 0 aliphatic carbocycles. The Labute approximate surface area is 302 Å². The average molecular weight is 664 g/mol. The molecular weight excluding hydrogens is 631 g/mol.